The summed E-state index contributed by atoms with van der Waals surface area (Å²) >= 11 is 0. The molecule has 1 aliphatic rings. The highest BCUT2D eigenvalue weighted by atomic mass is 19.1. The first kappa shape index (κ1) is 15.9. The second kappa shape index (κ2) is 6.66. The fraction of sp³-hybridized carbons (Fsp3) is 0.235. The van der Waals surface area contributed by atoms with Gasteiger partial charge in [-0.25, -0.2) is 4.39 Å². The van der Waals surface area contributed by atoms with E-state index in [0.717, 1.165) is 5.56 Å². The van der Waals surface area contributed by atoms with E-state index in [2.05, 4.69) is 15.8 Å². The van der Waals surface area contributed by atoms with Crippen LogP contribution in [0.25, 0.3) is 0 Å². The number of hydrogen-bond donors (Lipinski definition) is 4. The van der Waals surface area contributed by atoms with Gasteiger partial charge in [-0.2, -0.15) is 0 Å². The van der Waals surface area contributed by atoms with E-state index in [-0.39, 0.29) is 28.9 Å². The van der Waals surface area contributed by atoms with Gasteiger partial charge in [0.05, 0.1) is 5.56 Å². The molecule has 0 radical (unpaired) electrons. The normalized spacial score (nSPS) is 16.2. The van der Waals surface area contributed by atoms with Crippen molar-refractivity contribution >= 4 is 11.6 Å². The van der Waals surface area contributed by atoms with Gasteiger partial charge in [0, 0.05) is 13.0 Å². The number of rotatable bonds is 5. The molecule has 1 atom stereocenters. The third-order valence-electron chi connectivity index (χ3n) is 3.64. The molecule has 1 heterocycles. The zero-order valence-electron chi connectivity index (χ0n) is 13.1. The van der Waals surface area contributed by atoms with E-state index in [1.165, 1.54) is 24.3 Å². The summed E-state index contributed by atoms with van der Waals surface area (Å²) in [5.41, 5.74) is 4.35. The van der Waals surface area contributed by atoms with Gasteiger partial charge in [-0.3, -0.25) is 5.43 Å². The van der Waals surface area contributed by atoms with Crippen LogP contribution in [0.5, 0.6) is 11.5 Å². The molecule has 24 heavy (non-hydrogen) atoms. The Morgan fingerprint density at radius 1 is 1.21 bits per heavy atom. The van der Waals surface area contributed by atoms with Crippen LogP contribution in [0.1, 0.15) is 18.1 Å². The molecule has 1 unspecified atom stereocenters. The summed E-state index contributed by atoms with van der Waals surface area (Å²) in [4.78, 5) is 0. The largest absolute Gasteiger partial charge is 0.506 e. The van der Waals surface area contributed by atoms with Gasteiger partial charge in [0.15, 0.2) is 12.0 Å². The van der Waals surface area contributed by atoms with Crippen molar-refractivity contribution in [3.8, 4) is 11.5 Å². The molecule has 126 valence electrons. The number of aromatic hydroxyl groups is 2. The lowest BCUT2D eigenvalue weighted by molar-refractivity contribution is 0.187. The summed E-state index contributed by atoms with van der Waals surface area (Å²) in [6.07, 6.45) is 0.0767. The van der Waals surface area contributed by atoms with Crippen LogP contribution in [0, 0.1) is 5.82 Å². The molecule has 2 aromatic carbocycles. The van der Waals surface area contributed by atoms with E-state index in [0.29, 0.717) is 18.5 Å². The van der Waals surface area contributed by atoms with Crippen LogP contribution < -0.4 is 10.7 Å². The van der Waals surface area contributed by atoms with Crippen molar-refractivity contribution in [3.63, 3.8) is 0 Å². The Balaban J connectivity index is 1.73. The van der Waals surface area contributed by atoms with Crippen LogP contribution in [0.3, 0.4) is 0 Å². The van der Waals surface area contributed by atoms with Crippen molar-refractivity contribution in [3.05, 3.63) is 53.3 Å². The highest BCUT2D eigenvalue weighted by molar-refractivity contribution is 5.99. The van der Waals surface area contributed by atoms with Gasteiger partial charge in [0.1, 0.15) is 17.3 Å². The zero-order chi connectivity index (χ0) is 17.1. The van der Waals surface area contributed by atoms with Crippen LogP contribution in [0.2, 0.25) is 0 Å². The number of nitrogens with one attached hydrogen (secondary N) is 2. The van der Waals surface area contributed by atoms with Crippen molar-refractivity contribution < 1.29 is 19.3 Å². The first-order chi connectivity index (χ1) is 11.6. The molecule has 0 fully saturated rings. The topological polar surface area (TPSA) is 86.1 Å². The quantitative estimate of drug-likeness (QED) is 0.633. The maximum atomic E-state index is 12.9. The highest BCUT2D eigenvalue weighted by Crippen LogP contribution is 2.37. The van der Waals surface area contributed by atoms with Crippen molar-refractivity contribution in [1.82, 2.24) is 5.43 Å². The number of phenolic OH excluding ortho intramolecular Hbond substituents is 2. The van der Waals surface area contributed by atoms with Crippen LogP contribution in [0.15, 0.2) is 41.5 Å². The maximum absolute atomic E-state index is 12.9. The lowest BCUT2D eigenvalue weighted by Gasteiger charge is -2.14. The standard InChI is InChI=1S/C17H18FN3O3/c1-2-19-15-13(22)8-7-12(16(15)23)17-21-20-14(24-17)9-10-3-5-11(18)6-4-10/h3-8,14,19-20,22-23H,2,9H2,1H3. The monoisotopic (exact) mass is 331 g/mol. The molecule has 7 heteroatoms. The Morgan fingerprint density at radius 3 is 2.67 bits per heavy atom. The molecule has 0 aliphatic carbocycles. The fourth-order valence-corrected chi connectivity index (χ4v) is 2.47. The molecule has 0 aromatic heterocycles. The van der Waals surface area contributed by atoms with Gasteiger partial charge in [-0.15, -0.1) is 5.10 Å². The molecule has 0 saturated heterocycles. The van der Waals surface area contributed by atoms with Gasteiger partial charge >= 0.3 is 0 Å². The Hall–Kier alpha value is -2.96. The third kappa shape index (κ3) is 3.19. The molecule has 0 saturated carbocycles. The van der Waals surface area contributed by atoms with E-state index >= 15 is 0 Å². The van der Waals surface area contributed by atoms with E-state index in [4.69, 9.17) is 4.74 Å². The SMILES string of the molecule is CCNc1c(O)ccc(C2=NNC(Cc3ccc(F)cc3)O2)c1O. The summed E-state index contributed by atoms with van der Waals surface area (Å²) in [6.45, 7) is 2.40. The molecule has 6 nitrogen and oxygen atoms in total. The van der Waals surface area contributed by atoms with Crippen molar-refractivity contribution in [2.24, 2.45) is 5.10 Å². The minimum Gasteiger partial charge on any atom is -0.506 e. The first-order valence-corrected chi connectivity index (χ1v) is 7.62. The number of phenols is 2. The second-order valence-corrected chi connectivity index (χ2v) is 5.37. The average molecular weight is 331 g/mol. The molecule has 2 aromatic rings. The summed E-state index contributed by atoms with van der Waals surface area (Å²) in [7, 11) is 0. The Labute approximate surface area is 138 Å². The van der Waals surface area contributed by atoms with E-state index in [1.54, 1.807) is 12.1 Å². The molecule has 1 aliphatic heterocycles. The first-order valence-electron chi connectivity index (χ1n) is 7.62. The Morgan fingerprint density at radius 2 is 1.96 bits per heavy atom. The number of ether oxygens (including phenoxy) is 1. The van der Waals surface area contributed by atoms with Gasteiger partial charge < -0.3 is 20.3 Å². The van der Waals surface area contributed by atoms with Crippen molar-refractivity contribution in [1.29, 1.82) is 0 Å². The highest BCUT2D eigenvalue weighted by Gasteiger charge is 2.25. The van der Waals surface area contributed by atoms with E-state index < -0.39 is 6.23 Å². The van der Waals surface area contributed by atoms with Crippen LogP contribution in [-0.2, 0) is 11.2 Å². The summed E-state index contributed by atoms with van der Waals surface area (Å²) < 4.78 is 18.6. The number of benzene rings is 2. The number of hydrazone groups is 1. The average Bonchev–Trinajstić information content (AvgIpc) is 3.02. The number of anilines is 1. The predicted molar refractivity (Wildman–Crippen MR) is 88.6 cm³/mol. The van der Waals surface area contributed by atoms with Crippen molar-refractivity contribution in [2.45, 2.75) is 19.6 Å². The smallest absolute Gasteiger partial charge is 0.243 e. The lowest BCUT2D eigenvalue weighted by Crippen LogP contribution is -2.24. The molecule has 3 rings (SSSR count). The molecular weight excluding hydrogens is 313 g/mol. The van der Waals surface area contributed by atoms with Gasteiger partial charge in [-0.1, -0.05) is 12.1 Å². The van der Waals surface area contributed by atoms with Gasteiger partial charge in [0.2, 0.25) is 5.90 Å². The summed E-state index contributed by atoms with van der Waals surface area (Å²) in [5.74, 6) is -0.230. The number of hydrogen-bond acceptors (Lipinski definition) is 6. The van der Waals surface area contributed by atoms with E-state index in [9.17, 15) is 14.6 Å². The second-order valence-electron chi connectivity index (χ2n) is 5.37. The Bertz CT molecular complexity index is 762. The maximum Gasteiger partial charge on any atom is 0.243 e. The third-order valence-corrected chi connectivity index (χ3v) is 3.64. The molecular formula is C17H18FN3O3. The molecule has 0 bridgehead atoms. The van der Waals surface area contributed by atoms with Crippen LogP contribution in [0.4, 0.5) is 10.1 Å². The molecule has 4 N–H and O–H groups in total. The lowest BCUT2D eigenvalue weighted by atomic mass is 10.1. The molecule has 0 amide bonds. The summed E-state index contributed by atoms with van der Waals surface area (Å²) in [5, 5.41) is 27.1. The molecule has 0 spiro atoms. The minimum atomic E-state index is -0.416. The van der Waals surface area contributed by atoms with E-state index in [1.807, 2.05) is 6.92 Å². The summed E-state index contributed by atoms with van der Waals surface area (Å²) in [6, 6.07) is 9.14. The Kier molecular flexibility index (Phi) is 4.41. The van der Waals surface area contributed by atoms with Gasteiger partial charge in [-0.05, 0) is 36.8 Å². The van der Waals surface area contributed by atoms with Crippen LogP contribution in [-0.4, -0.2) is 28.9 Å². The van der Waals surface area contributed by atoms with Crippen LogP contribution >= 0.6 is 0 Å². The zero-order valence-corrected chi connectivity index (χ0v) is 13.1. The number of nitrogens with zero attached hydrogens (tertiary/aromatic N) is 1. The van der Waals surface area contributed by atoms with Gasteiger partial charge in [0.25, 0.3) is 0 Å². The predicted octanol–water partition coefficient (Wildman–Crippen LogP) is 2.52. The van der Waals surface area contributed by atoms with Crippen molar-refractivity contribution in [2.75, 3.05) is 11.9 Å². The fourth-order valence-electron chi connectivity index (χ4n) is 2.47. The number of halogens is 1. The minimum absolute atomic E-state index is 0.0486.